The molecule has 0 atom stereocenters. The summed E-state index contributed by atoms with van der Waals surface area (Å²) in [7, 11) is 0. The Hall–Kier alpha value is -2.36. The fourth-order valence-electron chi connectivity index (χ4n) is 1.85. The van der Waals surface area contributed by atoms with Gasteiger partial charge in [-0.25, -0.2) is 4.79 Å². The minimum atomic E-state index is -0.449. The fraction of sp³-hybridized carbons (Fsp3) is 0.294. The molecule has 0 radical (unpaired) electrons. The second-order valence-corrected chi connectivity index (χ2v) is 4.79. The van der Waals surface area contributed by atoms with Crippen LogP contribution in [0.4, 0.5) is 0 Å². The molecule has 0 amide bonds. The standard InChI is InChI=1S/C17H18O4/c1-3-4-11-20-17(19)16-10-9-15(21-16)14-7-5-13(6-8-14)12(2)18/h5-10H,3-4,11H2,1-2H3. The molecule has 2 aromatic rings. The summed E-state index contributed by atoms with van der Waals surface area (Å²) in [4.78, 5) is 23.0. The van der Waals surface area contributed by atoms with E-state index in [0.29, 0.717) is 17.9 Å². The molecule has 4 heteroatoms. The van der Waals surface area contributed by atoms with Gasteiger partial charge >= 0.3 is 5.97 Å². The van der Waals surface area contributed by atoms with Crippen molar-refractivity contribution in [1.82, 2.24) is 0 Å². The highest BCUT2D eigenvalue weighted by molar-refractivity contribution is 5.94. The lowest BCUT2D eigenvalue weighted by Crippen LogP contribution is -2.04. The second-order valence-electron chi connectivity index (χ2n) is 4.79. The molecular formula is C17H18O4. The highest BCUT2D eigenvalue weighted by Crippen LogP contribution is 2.23. The van der Waals surface area contributed by atoms with E-state index in [0.717, 1.165) is 18.4 Å². The van der Waals surface area contributed by atoms with E-state index in [2.05, 4.69) is 0 Å². The lowest BCUT2D eigenvalue weighted by molar-refractivity contribution is 0.0464. The van der Waals surface area contributed by atoms with E-state index in [9.17, 15) is 9.59 Å². The van der Waals surface area contributed by atoms with Crippen molar-refractivity contribution >= 4 is 11.8 Å². The second kappa shape index (κ2) is 6.88. The Labute approximate surface area is 123 Å². The first-order valence-corrected chi connectivity index (χ1v) is 7.00. The average Bonchev–Trinajstić information content (AvgIpc) is 2.97. The molecule has 0 spiro atoms. The van der Waals surface area contributed by atoms with Gasteiger partial charge in [0.1, 0.15) is 5.76 Å². The van der Waals surface area contributed by atoms with Gasteiger partial charge < -0.3 is 9.15 Å². The molecule has 0 saturated carbocycles. The zero-order valence-corrected chi connectivity index (χ0v) is 12.2. The Balaban J connectivity index is 2.08. The summed E-state index contributed by atoms with van der Waals surface area (Å²) >= 11 is 0. The predicted molar refractivity (Wildman–Crippen MR) is 79.3 cm³/mol. The van der Waals surface area contributed by atoms with Crippen molar-refractivity contribution in [3.05, 3.63) is 47.7 Å². The normalized spacial score (nSPS) is 10.4. The zero-order chi connectivity index (χ0) is 15.2. The van der Waals surface area contributed by atoms with Crippen LogP contribution in [0.1, 0.15) is 47.6 Å². The van der Waals surface area contributed by atoms with Crippen molar-refractivity contribution in [1.29, 1.82) is 0 Å². The maximum absolute atomic E-state index is 11.7. The fourth-order valence-corrected chi connectivity index (χ4v) is 1.85. The summed E-state index contributed by atoms with van der Waals surface area (Å²) in [5.41, 5.74) is 1.46. The lowest BCUT2D eigenvalue weighted by Gasteiger charge is -2.01. The molecule has 21 heavy (non-hydrogen) atoms. The number of carbonyl (C=O) groups is 2. The van der Waals surface area contributed by atoms with E-state index in [1.54, 1.807) is 36.4 Å². The number of ketones is 1. The highest BCUT2D eigenvalue weighted by atomic mass is 16.5. The first kappa shape index (κ1) is 15.0. The van der Waals surface area contributed by atoms with Crippen molar-refractivity contribution in [2.45, 2.75) is 26.7 Å². The zero-order valence-electron chi connectivity index (χ0n) is 12.2. The molecule has 0 fully saturated rings. The number of unbranched alkanes of at least 4 members (excludes halogenated alkanes) is 1. The first-order chi connectivity index (χ1) is 10.1. The molecular weight excluding hydrogens is 268 g/mol. The van der Waals surface area contributed by atoms with Crippen molar-refractivity contribution in [2.75, 3.05) is 6.61 Å². The minimum absolute atomic E-state index is 0.0150. The molecule has 110 valence electrons. The van der Waals surface area contributed by atoms with Crippen molar-refractivity contribution in [3.8, 4) is 11.3 Å². The Morgan fingerprint density at radius 1 is 1.10 bits per heavy atom. The summed E-state index contributed by atoms with van der Waals surface area (Å²) in [5, 5.41) is 0. The number of carbonyl (C=O) groups excluding carboxylic acids is 2. The van der Waals surface area contributed by atoms with E-state index >= 15 is 0 Å². The quantitative estimate of drug-likeness (QED) is 0.455. The number of rotatable bonds is 6. The Bertz CT molecular complexity index is 622. The van der Waals surface area contributed by atoms with Gasteiger partial charge in [-0.15, -0.1) is 0 Å². The number of benzene rings is 1. The SMILES string of the molecule is CCCCOC(=O)c1ccc(-c2ccc(C(C)=O)cc2)o1. The molecule has 0 aliphatic heterocycles. The number of hydrogen-bond acceptors (Lipinski definition) is 4. The van der Waals surface area contributed by atoms with E-state index in [-0.39, 0.29) is 11.5 Å². The van der Waals surface area contributed by atoms with Crippen LogP contribution in [-0.4, -0.2) is 18.4 Å². The monoisotopic (exact) mass is 286 g/mol. The Morgan fingerprint density at radius 3 is 2.43 bits per heavy atom. The molecule has 0 bridgehead atoms. The molecule has 0 aliphatic rings. The van der Waals surface area contributed by atoms with Gasteiger partial charge in [-0.3, -0.25) is 4.79 Å². The van der Waals surface area contributed by atoms with Gasteiger partial charge in [0, 0.05) is 11.1 Å². The Morgan fingerprint density at radius 2 is 1.81 bits per heavy atom. The molecule has 0 N–H and O–H groups in total. The van der Waals surface area contributed by atoms with Crippen LogP contribution in [0.25, 0.3) is 11.3 Å². The molecule has 0 aliphatic carbocycles. The van der Waals surface area contributed by atoms with Gasteiger partial charge in [0.15, 0.2) is 5.78 Å². The maximum Gasteiger partial charge on any atom is 0.374 e. The Kier molecular flexibility index (Phi) is 4.93. The van der Waals surface area contributed by atoms with Gasteiger partial charge in [-0.1, -0.05) is 37.6 Å². The summed E-state index contributed by atoms with van der Waals surface area (Å²) in [6.07, 6.45) is 1.81. The van der Waals surface area contributed by atoms with Crippen molar-refractivity contribution in [3.63, 3.8) is 0 Å². The van der Waals surface area contributed by atoms with Crippen LogP contribution in [0.5, 0.6) is 0 Å². The number of furan rings is 1. The molecule has 1 heterocycles. The van der Waals surface area contributed by atoms with Gasteiger partial charge in [-0.2, -0.15) is 0 Å². The lowest BCUT2D eigenvalue weighted by atomic mass is 10.1. The maximum atomic E-state index is 11.7. The molecule has 2 rings (SSSR count). The van der Waals surface area contributed by atoms with Crippen LogP contribution < -0.4 is 0 Å². The number of hydrogen-bond donors (Lipinski definition) is 0. The number of esters is 1. The van der Waals surface area contributed by atoms with E-state index in [4.69, 9.17) is 9.15 Å². The minimum Gasteiger partial charge on any atom is -0.460 e. The predicted octanol–water partition coefficient (Wildman–Crippen LogP) is 4.11. The van der Waals surface area contributed by atoms with Crippen LogP contribution in [0.3, 0.4) is 0 Å². The summed E-state index contributed by atoms with van der Waals surface area (Å²) in [6, 6.07) is 10.4. The van der Waals surface area contributed by atoms with Crippen molar-refractivity contribution < 1.29 is 18.7 Å². The summed E-state index contributed by atoms with van der Waals surface area (Å²) in [5.74, 6) is 0.334. The van der Waals surface area contributed by atoms with Gasteiger partial charge in [0.05, 0.1) is 6.61 Å². The summed E-state index contributed by atoms with van der Waals surface area (Å²) in [6.45, 7) is 3.95. The third-order valence-electron chi connectivity index (χ3n) is 3.11. The molecule has 0 unspecified atom stereocenters. The number of Topliss-reactive ketones (excluding diaryl/α,β-unsaturated/α-hetero) is 1. The van der Waals surface area contributed by atoms with Crippen LogP contribution >= 0.6 is 0 Å². The van der Waals surface area contributed by atoms with E-state index in [1.165, 1.54) is 6.92 Å². The third kappa shape index (κ3) is 3.81. The van der Waals surface area contributed by atoms with Gasteiger partial charge in [0.25, 0.3) is 0 Å². The smallest absolute Gasteiger partial charge is 0.374 e. The third-order valence-corrected chi connectivity index (χ3v) is 3.11. The van der Waals surface area contributed by atoms with Crippen molar-refractivity contribution in [2.24, 2.45) is 0 Å². The van der Waals surface area contributed by atoms with Gasteiger partial charge in [0.2, 0.25) is 5.76 Å². The topological polar surface area (TPSA) is 56.5 Å². The van der Waals surface area contributed by atoms with Crippen LogP contribution in [-0.2, 0) is 4.74 Å². The molecule has 0 saturated heterocycles. The molecule has 4 nitrogen and oxygen atoms in total. The van der Waals surface area contributed by atoms with Gasteiger partial charge in [-0.05, 0) is 25.5 Å². The number of ether oxygens (including phenoxy) is 1. The van der Waals surface area contributed by atoms with E-state index in [1.807, 2.05) is 6.92 Å². The van der Waals surface area contributed by atoms with Crippen LogP contribution in [0.2, 0.25) is 0 Å². The van der Waals surface area contributed by atoms with Crippen LogP contribution in [0.15, 0.2) is 40.8 Å². The van der Waals surface area contributed by atoms with Crippen LogP contribution in [0, 0.1) is 0 Å². The first-order valence-electron chi connectivity index (χ1n) is 7.00. The summed E-state index contributed by atoms with van der Waals surface area (Å²) < 4.78 is 10.6. The van der Waals surface area contributed by atoms with E-state index < -0.39 is 5.97 Å². The molecule has 1 aromatic carbocycles. The highest BCUT2D eigenvalue weighted by Gasteiger charge is 2.13. The largest absolute Gasteiger partial charge is 0.460 e. The molecule has 1 aromatic heterocycles. The average molecular weight is 286 g/mol.